The van der Waals surface area contributed by atoms with Crippen LogP contribution in [0.4, 0.5) is 0 Å². The van der Waals surface area contributed by atoms with Crippen molar-refractivity contribution >= 4 is 5.91 Å². The number of hydrogen-bond donors (Lipinski definition) is 1. The molecule has 3 nitrogen and oxygen atoms in total. The fourth-order valence-electron chi connectivity index (χ4n) is 3.48. The van der Waals surface area contributed by atoms with Crippen molar-refractivity contribution in [3.63, 3.8) is 0 Å². The molecule has 0 saturated heterocycles. The Kier molecular flexibility index (Phi) is 2.58. The normalized spacial score (nSPS) is 23.6. The van der Waals surface area contributed by atoms with Gasteiger partial charge in [-0.05, 0) is 42.0 Å². The van der Waals surface area contributed by atoms with Gasteiger partial charge in [0.25, 0.3) is 0 Å². The van der Waals surface area contributed by atoms with E-state index in [1.54, 1.807) is 0 Å². The van der Waals surface area contributed by atoms with Crippen molar-refractivity contribution in [3.8, 4) is 5.69 Å². The van der Waals surface area contributed by atoms with Gasteiger partial charge in [0.1, 0.15) is 0 Å². The van der Waals surface area contributed by atoms with Crippen LogP contribution in [-0.4, -0.2) is 10.5 Å². The number of hydrogen-bond acceptors (Lipinski definition) is 1. The first-order chi connectivity index (χ1) is 9.34. The second-order valence-corrected chi connectivity index (χ2v) is 6.59. The molecule has 0 spiro atoms. The van der Waals surface area contributed by atoms with E-state index in [4.69, 9.17) is 5.73 Å². The minimum atomic E-state index is -0.571. The highest BCUT2D eigenvalue weighted by molar-refractivity contribution is 5.88. The maximum absolute atomic E-state index is 11.9. The molecule has 20 heavy (non-hydrogen) atoms. The number of carbonyl (C=O) groups is 1. The van der Waals surface area contributed by atoms with Crippen molar-refractivity contribution in [2.24, 2.45) is 5.73 Å². The lowest BCUT2D eigenvalue weighted by Gasteiger charge is -2.25. The molecule has 1 aliphatic carbocycles. The molecule has 0 radical (unpaired) electrons. The molecule has 1 aromatic carbocycles. The molecule has 104 valence electrons. The molecule has 1 amide bonds. The topological polar surface area (TPSA) is 48.0 Å². The largest absolute Gasteiger partial charge is 0.369 e. The fraction of sp³-hybridized carbons (Fsp3) is 0.353. The van der Waals surface area contributed by atoms with Crippen LogP contribution in [0.2, 0.25) is 0 Å². The molecule has 1 aliphatic rings. The molecule has 3 rings (SSSR count). The van der Waals surface area contributed by atoms with Crippen LogP contribution >= 0.6 is 0 Å². The summed E-state index contributed by atoms with van der Waals surface area (Å²) < 4.78 is 2.09. The maximum Gasteiger partial charge on any atom is 0.227 e. The van der Waals surface area contributed by atoms with Crippen molar-refractivity contribution in [1.82, 2.24) is 4.57 Å². The van der Waals surface area contributed by atoms with Gasteiger partial charge in [-0.1, -0.05) is 32.0 Å². The quantitative estimate of drug-likeness (QED) is 0.894. The minimum absolute atomic E-state index is 0.0286. The highest BCUT2D eigenvalue weighted by Gasteiger charge is 2.49. The van der Waals surface area contributed by atoms with Gasteiger partial charge in [0, 0.05) is 18.1 Å². The zero-order chi connectivity index (χ0) is 14.5. The van der Waals surface area contributed by atoms with E-state index in [0.29, 0.717) is 0 Å². The molecule has 2 N–H and O–H groups in total. The number of aromatic nitrogens is 1. The lowest BCUT2D eigenvalue weighted by atomic mass is 9.79. The average molecular weight is 268 g/mol. The van der Waals surface area contributed by atoms with Crippen molar-refractivity contribution in [1.29, 1.82) is 0 Å². The Morgan fingerprint density at radius 1 is 1.10 bits per heavy atom. The summed E-state index contributed by atoms with van der Waals surface area (Å²) in [5, 5.41) is 0. The monoisotopic (exact) mass is 268 g/mol. The highest BCUT2D eigenvalue weighted by atomic mass is 16.1. The third-order valence-corrected chi connectivity index (χ3v) is 4.54. The van der Waals surface area contributed by atoms with E-state index in [-0.39, 0.29) is 11.3 Å². The minimum Gasteiger partial charge on any atom is -0.369 e. The molecular weight excluding hydrogens is 248 g/mol. The molecule has 2 aromatic rings. The van der Waals surface area contributed by atoms with E-state index in [1.807, 2.05) is 25.1 Å². The Labute approximate surface area is 119 Å². The Bertz CT molecular complexity index is 670. The first kappa shape index (κ1) is 13.0. The fourth-order valence-corrected chi connectivity index (χ4v) is 3.48. The SMILES string of the molecule is CC1(C)C[C@](C)(C(N)=O)c2cn(-c3ccccc3)cc21. The van der Waals surface area contributed by atoms with Gasteiger partial charge in [-0.15, -0.1) is 0 Å². The van der Waals surface area contributed by atoms with Crippen LogP contribution < -0.4 is 5.73 Å². The smallest absolute Gasteiger partial charge is 0.227 e. The Morgan fingerprint density at radius 2 is 1.70 bits per heavy atom. The number of amides is 1. The van der Waals surface area contributed by atoms with E-state index in [9.17, 15) is 4.79 Å². The van der Waals surface area contributed by atoms with E-state index < -0.39 is 5.41 Å². The molecule has 0 saturated carbocycles. The van der Waals surface area contributed by atoms with E-state index in [1.165, 1.54) is 5.56 Å². The number of carbonyl (C=O) groups excluding carboxylic acids is 1. The lowest BCUT2D eigenvalue weighted by molar-refractivity contribution is -0.123. The van der Waals surface area contributed by atoms with Crippen LogP contribution in [0.5, 0.6) is 0 Å². The predicted octanol–water partition coefficient (Wildman–Crippen LogP) is 2.90. The number of fused-ring (bicyclic) bond motifs is 1. The van der Waals surface area contributed by atoms with Gasteiger partial charge < -0.3 is 10.3 Å². The predicted molar refractivity (Wildman–Crippen MR) is 80.0 cm³/mol. The van der Waals surface area contributed by atoms with Crippen LogP contribution in [-0.2, 0) is 15.6 Å². The summed E-state index contributed by atoms with van der Waals surface area (Å²) in [6, 6.07) is 10.1. The van der Waals surface area contributed by atoms with Crippen LogP contribution in [0.3, 0.4) is 0 Å². The van der Waals surface area contributed by atoms with Gasteiger partial charge in [-0.2, -0.15) is 0 Å². The summed E-state index contributed by atoms with van der Waals surface area (Å²) in [6.07, 6.45) is 4.97. The number of primary amides is 1. The molecule has 0 unspecified atom stereocenters. The van der Waals surface area contributed by atoms with Crippen molar-refractivity contribution in [2.45, 2.75) is 38.0 Å². The van der Waals surface area contributed by atoms with E-state index in [0.717, 1.165) is 17.7 Å². The van der Waals surface area contributed by atoms with E-state index in [2.05, 4.69) is 42.9 Å². The summed E-state index contributed by atoms with van der Waals surface area (Å²) in [6.45, 7) is 6.31. The van der Waals surface area contributed by atoms with Gasteiger partial charge in [-0.3, -0.25) is 4.79 Å². The first-order valence-corrected chi connectivity index (χ1v) is 6.93. The summed E-state index contributed by atoms with van der Waals surface area (Å²) in [7, 11) is 0. The summed E-state index contributed by atoms with van der Waals surface area (Å²) in [4.78, 5) is 11.9. The molecule has 3 heteroatoms. The number of benzene rings is 1. The molecule has 1 heterocycles. The maximum atomic E-state index is 11.9. The molecular formula is C17H20N2O. The Morgan fingerprint density at radius 3 is 2.30 bits per heavy atom. The lowest BCUT2D eigenvalue weighted by Crippen LogP contribution is -2.37. The molecule has 1 aromatic heterocycles. The summed E-state index contributed by atoms with van der Waals surface area (Å²) in [5.74, 6) is -0.241. The van der Waals surface area contributed by atoms with Gasteiger partial charge in [-0.25, -0.2) is 0 Å². The van der Waals surface area contributed by atoms with Crippen molar-refractivity contribution in [2.75, 3.05) is 0 Å². The number of para-hydroxylation sites is 1. The summed E-state index contributed by atoms with van der Waals surface area (Å²) in [5.41, 5.74) is 8.46. The van der Waals surface area contributed by atoms with Gasteiger partial charge in [0.05, 0.1) is 5.41 Å². The van der Waals surface area contributed by atoms with Crippen LogP contribution in [0, 0.1) is 0 Å². The third-order valence-electron chi connectivity index (χ3n) is 4.54. The van der Waals surface area contributed by atoms with Crippen molar-refractivity contribution < 1.29 is 4.79 Å². The van der Waals surface area contributed by atoms with Gasteiger partial charge in [0.2, 0.25) is 5.91 Å². The highest BCUT2D eigenvalue weighted by Crippen LogP contribution is 2.50. The average Bonchev–Trinajstić information content (AvgIpc) is 2.91. The first-order valence-electron chi connectivity index (χ1n) is 6.93. The standard InChI is InChI=1S/C17H20N2O/c1-16(2)11-17(3,15(18)20)14-10-19(9-13(14)16)12-7-5-4-6-8-12/h4-10H,11H2,1-3H3,(H2,18,20)/t17-/m0/s1. The summed E-state index contributed by atoms with van der Waals surface area (Å²) >= 11 is 0. The number of nitrogens with two attached hydrogens (primary N) is 1. The molecule has 1 atom stereocenters. The van der Waals surface area contributed by atoms with E-state index >= 15 is 0 Å². The Balaban J connectivity index is 2.17. The Hall–Kier alpha value is -2.03. The van der Waals surface area contributed by atoms with Crippen LogP contribution in [0.25, 0.3) is 5.69 Å². The van der Waals surface area contributed by atoms with Gasteiger partial charge in [0.15, 0.2) is 0 Å². The second kappa shape index (κ2) is 3.98. The molecule has 0 bridgehead atoms. The zero-order valence-electron chi connectivity index (χ0n) is 12.2. The zero-order valence-corrected chi connectivity index (χ0v) is 12.2. The second-order valence-electron chi connectivity index (χ2n) is 6.59. The van der Waals surface area contributed by atoms with Crippen molar-refractivity contribution in [3.05, 3.63) is 53.9 Å². The van der Waals surface area contributed by atoms with Crippen LogP contribution in [0.15, 0.2) is 42.7 Å². The number of nitrogens with zero attached hydrogens (tertiary/aromatic N) is 1. The number of rotatable bonds is 2. The molecule has 0 fully saturated rings. The third kappa shape index (κ3) is 1.69. The molecule has 0 aliphatic heterocycles. The van der Waals surface area contributed by atoms with Gasteiger partial charge >= 0.3 is 0 Å². The van der Waals surface area contributed by atoms with Crippen LogP contribution in [0.1, 0.15) is 38.3 Å².